The second-order valence-corrected chi connectivity index (χ2v) is 6.42. The van der Waals surface area contributed by atoms with E-state index in [1.54, 1.807) is 12.1 Å². The highest BCUT2D eigenvalue weighted by Gasteiger charge is 2.15. The number of alkyl halides is 1. The van der Waals surface area contributed by atoms with Gasteiger partial charge in [-0.15, -0.1) is 11.6 Å². The highest BCUT2D eigenvalue weighted by atomic mass is 79.9. The number of halogens is 3. The van der Waals surface area contributed by atoms with Crippen LogP contribution < -0.4 is 0 Å². The Balaban J connectivity index is 1.96. The first-order valence-electron chi connectivity index (χ1n) is 6.71. The van der Waals surface area contributed by atoms with Gasteiger partial charge in [0.2, 0.25) is 0 Å². The summed E-state index contributed by atoms with van der Waals surface area (Å²) in [5, 5.41) is 1.95. The summed E-state index contributed by atoms with van der Waals surface area (Å²) in [5.41, 5.74) is 1.66. The Morgan fingerprint density at radius 1 is 1.00 bits per heavy atom. The van der Waals surface area contributed by atoms with Gasteiger partial charge in [-0.05, 0) is 41.0 Å². The van der Waals surface area contributed by atoms with E-state index in [9.17, 15) is 4.39 Å². The van der Waals surface area contributed by atoms with Crippen molar-refractivity contribution in [3.05, 3.63) is 82.1 Å². The number of rotatable bonds is 3. The van der Waals surface area contributed by atoms with Gasteiger partial charge in [0.25, 0.3) is 0 Å². The third-order valence-electron chi connectivity index (χ3n) is 3.57. The van der Waals surface area contributed by atoms with Gasteiger partial charge in [0.15, 0.2) is 0 Å². The second kappa shape index (κ2) is 6.17. The van der Waals surface area contributed by atoms with Crippen LogP contribution >= 0.6 is 27.5 Å². The van der Waals surface area contributed by atoms with Crippen molar-refractivity contribution in [2.24, 2.45) is 0 Å². The molecule has 3 aromatic rings. The lowest BCUT2D eigenvalue weighted by molar-refractivity contribution is 0.605. The molecule has 0 heterocycles. The minimum atomic E-state index is -0.395. The Bertz CT molecular complexity index is 780. The van der Waals surface area contributed by atoms with E-state index in [1.807, 2.05) is 24.3 Å². The lowest BCUT2D eigenvalue weighted by Crippen LogP contribution is -2.00. The molecule has 0 spiro atoms. The molecule has 0 radical (unpaired) electrons. The maximum absolute atomic E-state index is 13.9. The summed E-state index contributed by atoms with van der Waals surface area (Å²) in [4.78, 5) is 0. The van der Waals surface area contributed by atoms with Gasteiger partial charge in [0.05, 0.1) is 5.38 Å². The monoisotopic (exact) mass is 362 g/mol. The van der Waals surface area contributed by atoms with Crippen molar-refractivity contribution in [1.29, 1.82) is 0 Å². The number of hydrogen-bond acceptors (Lipinski definition) is 0. The average Bonchev–Trinajstić information content (AvgIpc) is 2.50. The van der Waals surface area contributed by atoms with Crippen LogP contribution in [0.3, 0.4) is 0 Å². The molecule has 0 amide bonds. The van der Waals surface area contributed by atoms with E-state index in [4.69, 9.17) is 11.6 Å². The van der Waals surface area contributed by atoms with Crippen LogP contribution in [0.5, 0.6) is 0 Å². The summed E-state index contributed by atoms with van der Waals surface area (Å²) in [6, 6.07) is 19.2. The number of fused-ring (bicyclic) bond motifs is 1. The highest BCUT2D eigenvalue weighted by Crippen LogP contribution is 2.31. The van der Waals surface area contributed by atoms with Gasteiger partial charge in [-0.3, -0.25) is 0 Å². The van der Waals surface area contributed by atoms with Crippen molar-refractivity contribution in [3.63, 3.8) is 0 Å². The third kappa shape index (κ3) is 3.12. The van der Waals surface area contributed by atoms with E-state index >= 15 is 0 Å². The summed E-state index contributed by atoms with van der Waals surface area (Å²) in [7, 11) is 0. The maximum Gasteiger partial charge on any atom is 0.127 e. The molecule has 3 rings (SSSR count). The fourth-order valence-corrected chi connectivity index (χ4v) is 3.24. The van der Waals surface area contributed by atoms with Gasteiger partial charge in [-0.1, -0.05) is 58.4 Å². The van der Waals surface area contributed by atoms with Crippen LogP contribution in [0.15, 0.2) is 65.1 Å². The first-order valence-corrected chi connectivity index (χ1v) is 7.94. The Hall–Kier alpha value is -1.38. The Morgan fingerprint density at radius 2 is 1.76 bits per heavy atom. The van der Waals surface area contributed by atoms with Crippen LogP contribution in [0, 0.1) is 5.82 Å². The molecule has 0 saturated heterocycles. The molecule has 0 aliphatic heterocycles. The summed E-state index contributed by atoms with van der Waals surface area (Å²) in [6.07, 6.45) is 0.594. The molecule has 0 bridgehead atoms. The minimum absolute atomic E-state index is 0.265. The van der Waals surface area contributed by atoms with E-state index in [1.165, 1.54) is 16.8 Å². The standard InChI is InChI=1S/C18H13BrClF/c19-14-8-9-18(21)16(11-14)17(20)10-13-6-3-5-12-4-1-2-7-15(12)13/h1-9,11,17H,10H2. The van der Waals surface area contributed by atoms with Crippen molar-refractivity contribution in [2.75, 3.05) is 0 Å². The normalized spacial score (nSPS) is 12.5. The predicted molar refractivity (Wildman–Crippen MR) is 90.3 cm³/mol. The summed E-state index contributed by atoms with van der Waals surface area (Å²) < 4.78 is 14.8. The smallest absolute Gasteiger partial charge is 0.127 e. The second-order valence-electron chi connectivity index (χ2n) is 4.98. The molecule has 1 unspecified atom stereocenters. The quantitative estimate of drug-likeness (QED) is 0.481. The molecule has 106 valence electrons. The number of hydrogen-bond donors (Lipinski definition) is 0. The van der Waals surface area contributed by atoms with E-state index in [0.717, 1.165) is 10.0 Å². The zero-order valence-corrected chi connectivity index (χ0v) is 13.5. The van der Waals surface area contributed by atoms with Crippen LogP contribution in [-0.4, -0.2) is 0 Å². The van der Waals surface area contributed by atoms with Gasteiger partial charge in [0.1, 0.15) is 5.82 Å². The zero-order chi connectivity index (χ0) is 14.8. The summed E-state index contributed by atoms with van der Waals surface area (Å²) in [5.74, 6) is -0.265. The highest BCUT2D eigenvalue weighted by molar-refractivity contribution is 9.10. The Labute approximate surface area is 136 Å². The molecule has 3 aromatic carbocycles. The van der Waals surface area contributed by atoms with Gasteiger partial charge in [0, 0.05) is 10.0 Å². The molecule has 21 heavy (non-hydrogen) atoms. The molecule has 0 nitrogen and oxygen atoms in total. The van der Waals surface area contributed by atoms with Crippen LogP contribution in [0.1, 0.15) is 16.5 Å². The SMILES string of the molecule is Fc1ccc(Br)cc1C(Cl)Cc1cccc2ccccc12. The topological polar surface area (TPSA) is 0 Å². The van der Waals surface area contributed by atoms with Crippen molar-refractivity contribution in [1.82, 2.24) is 0 Å². The van der Waals surface area contributed by atoms with Crippen LogP contribution in [0.2, 0.25) is 0 Å². The first kappa shape index (κ1) is 14.6. The van der Waals surface area contributed by atoms with E-state index in [-0.39, 0.29) is 5.82 Å². The summed E-state index contributed by atoms with van der Waals surface area (Å²) in [6.45, 7) is 0. The van der Waals surface area contributed by atoms with Gasteiger partial charge >= 0.3 is 0 Å². The zero-order valence-electron chi connectivity index (χ0n) is 11.2. The lowest BCUT2D eigenvalue weighted by atomic mass is 9.98. The van der Waals surface area contributed by atoms with Gasteiger partial charge in [-0.25, -0.2) is 4.39 Å². The van der Waals surface area contributed by atoms with Gasteiger partial charge < -0.3 is 0 Å². The number of benzene rings is 3. The van der Waals surface area contributed by atoms with Crippen LogP contribution in [-0.2, 0) is 6.42 Å². The lowest BCUT2D eigenvalue weighted by Gasteiger charge is -2.13. The molecular weight excluding hydrogens is 351 g/mol. The predicted octanol–water partition coefficient (Wildman–Crippen LogP) is 6.26. The molecule has 0 aromatic heterocycles. The fraction of sp³-hybridized carbons (Fsp3) is 0.111. The van der Waals surface area contributed by atoms with E-state index in [2.05, 4.69) is 34.1 Å². The van der Waals surface area contributed by atoms with E-state index in [0.29, 0.717) is 12.0 Å². The van der Waals surface area contributed by atoms with Crippen LogP contribution in [0.4, 0.5) is 4.39 Å². The molecule has 0 fully saturated rings. The van der Waals surface area contributed by atoms with Crippen molar-refractivity contribution >= 4 is 38.3 Å². The molecular formula is C18H13BrClF. The van der Waals surface area contributed by atoms with Crippen LogP contribution in [0.25, 0.3) is 10.8 Å². The maximum atomic E-state index is 13.9. The molecule has 0 saturated carbocycles. The molecule has 1 atom stereocenters. The minimum Gasteiger partial charge on any atom is -0.207 e. The van der Waals surface area contributed by atoms with Crippen molar-refractivity contribution in [2.45, 2.75) is 11.8 Å². The largest absolute Gasteiger partial charge is 0.207 e. The van der Waals surface area contributed by atoms with Gasteiger partial charge in [-0.2, -0.15) is 0 Å². The summed E-state index contributed by atoms with van der Waals surface area (Å²) >= 11 is 9.82. The van der Waals surface area contributed by atoms with Crippen molar-refractivity contribution < 1.29 is 4.39 Å². The first-order chi connectivity index (χ1) is 10.1. The van der Waals surface area contributed by atoms with Crippen molar-refractivity contribution in [3.8, 4) is 0 Å². The molecule has 0 N–H and O–H groups in total. The fourth-order valence-electron chi connectivity index (χ4n) is 2.53. The Morgan fingerprint density at radius 3 is 2.62 bits per heavy atom. The molecule has 0 aliphatic carbocycles. The third-order valence-corrected chi connectivity index (χ3v) is 4.46. The molecule has 3 heteroatoms. The molecule has 0 aliphatic rings. The Kier molecular flexibility index (Phi) is 4.27. The average molecular weight is 364 g/mol. The van der Waals surface area contributed by atoms with E-state index < -0.39 is 5.38 Å².